The molecule has 0 saturated heterocycles. The van der Waals surface area contributed by atoms with E-state index in [1.54, 1.807) is 0 Å². The minimum Gasteiger partial charge on any atom is -0.494 e. The maximum absolute atomic E-state index is 5.60. The zero-order valence-electron chi connectivity index (χ0n) is 9.74. The minimum atomic E-state index is 0.425. The predicted molar refractivity (Wildman–Crippen MR) is 72.0 cm³/mol. The summed E-state index contributed by atoms with van der Waals surface area (Å²) in [6.07, 6.45) is 4.89. The van der Waals surface area contributed by atoms with Gasteiger partial charge in [0.25, 0.3) is 0 Å². The Balaban J connectivity index is 2.29. The van der Waals surface area contributed by atoms with E-state index in [-0.39, 0.29) is 0 Å². The van der Waals surface area contributed by atoms with Crippen LogP contribution in [0.1, 0.15) is 38.2 Å². The van der Waals surface area contributed by atoms with Crippen molar-refractivity contribution in [3.8, 4) is 5.75 Å². The fourth-order valence-corrected chi connectivity index (χ4v) is 1.57. The van der Waals surface area contributed by atoms with Crippen molar-refractivity contribution in [3.05, 3.63) is 29.8 Å². The molecule has 0 aliphatic carbocycles. The van der Waals surface area contributed by atoms with E-state index in [1.807, 2.05) is 24.3 Å². The van der Waals surface area contributed by atoms with Crippen molar-refractivity contribution in [3.63, 3.8) is 0 Å². The highest BCUT2D eigenvalue weighted by molar-refractivity contribution is 7.80. The molecule has 1 aromatic carbocycles. The van der Waals surface area contributed by atoms with E-state index in [4.69, 9.17) is 22.7 Å². The highest BCUT2D eigenvalue weighted by atomic mass is 32.1. The van der Waals surface area contributed by atoms with Crippen molar-refractivity contribution in [2.24, 2.45) is 5.73 Å². The van der Waals surface area contributed by atoms with Crippen LogP contribution in [-0.4, -0.2) is 11.6 Å². The van der Waals surface area contributed by atoms with Crippen molar-refractivity contribution >= 4 is 17.2 Å². The average molecular weight is 237 g/mol. The standard InChI is InChI=1S/C13H19NOS/c1-2-3-4-5-10-15-12-8-6-11(7-9-12)13(14)16/h6-9H,2-5,10H2,1H3,(H2,14,16). The van der Waals surface area contributed by atoms with Gasteiger partial charge in [0.05, 0.1) is 6.61 Å². The molecule has 0 saturated carbocycles. The number of ether oxygens (including phenoxy) is 1. The van der Waals surface area contributed by atoms with Gasteiger partial charge in [0.2, 0.25) is 0 Å². The number of hydrogen-bond acceptors (Lipinski definition) is 2. The predicted octanol–water partition coefficient (Wildman–Crippen LogP) is 3.28. The van der Waals surface area contributed by atoms with E-state index in [1.165, 1.54) is 19.3 Å². The highest BCUT2D eigenvalue weighted by Crippen LogP contribution is 2.12. The highest BCUT2D eigenvalue weighted by Gasteiger charge is 1.97. The Morgan fingerprint density at radius 1 is 1.19 bits per heavy atom. The zero-order valence-corrected chi connectivity index (χ0v) is 10.6. The topological polar surface area (TPSA) is 35.2 Å². The summed E-state index contributed by atoms with van der Waals surface area (Å²) < 4.78 is 5.60. The van der Waals surface area contributed by atoms with Crippen LogP contribution >= 0.6 is 12.2 Å². The quantitative estimate of drug-likeness (QED) is 0.584. The summed E-state index contributed by atoms with van der Waals surface area (Å²) in [5.41, 5.74) is 6.39. The molecule has 2 N–H and O–H groups in total. The monoisotopic (exact) mass is 237 g/mol. The molecule has 3 heteroatoms. The van der Waals surface area contributed by atoms with Crippen LogP contribution in [0, 0.1) is 0 Å². The van der Waals surface area contributed by atoms with E-state index in [9.17, 15) is 0 Å². The Kier molecular flexibility index (Phi) is 5.86. The molecule has 1 rings (SSSR count). The van der Waals surface area contributed by atoms with Crippen LogP contribution in [0.3, 0.4) is 0 Å². The molecule has 0 aliphatic rings. The number of rotatable bonds is 7. The third-order valence-electron chi connectivity index (χ3n) is 2.41. The van der Waals surface area contributed by atoms with Crippen LogP contribution in [0.25, 0.3) is 0 Å². The molecule has 88 valence electrons. The molecular formula is C13H19NOS. The van der Waals surface area contributed by atoms with Gasteiger partial charge in [0.15, 0.2) is 0 Å². The summed E-state index contributed by atoms with van der Waals surface area (Å²) in [4.78, 5) is 0.425. The first-order valence-electron chi connectivity index (χ1n) is 5.76. The summed E-state index contributed by atoms with van der Waals surface area (Å²) in [5, 5.41) is 0. The van der Waals surface area contributed by atoms with E-state index < -0.39 is 0 Å². The Morgan fingerprint density at radius 3 is 2.44 bits per heavy atom. The molecule has 2 nitrogen and oxygen atoms in total. The Hall–Kier alpha value is -1.09. The number of unbranched alkanes of at least 4 members (excludes halogenated alkanes) is 3. The van der Waals surface area contributed by atoms with Gasteiger partial charge in [-0.05, 0) is 30.7 Å². The van der Waals surface area contributed by atoms with Crippen molar-refractivity contribution in [2.45, 2.75) is 32.6 Å². The van der Waals surface area contributed by atoms with Gasteiger partial charge in [-0.15, -0.1) is 0 Å². The molecule has 0 spiro atoms. The van der Waals surface area contributed by atoms with Gasteiger partial charge in [0.1, 0.15) is 10.7 Å². The lowest BCUT2D eigenvalue weighted by molar-refractivity contribution is 0.305. The first-order valence-corrected chi connectivity index (χ1v) is 6.17. The molecular weight excluding hydrogens is 218 g/mol. The molecule has 16 heavy (non-hydrogen) atoms. The van der Waals surface area contributed by atoms with Gasteiger partial charge < -0.3 is 10.5 Å². The van der Waals surface area contributed by atoms with Crippen LogP contribution in [0.2, 0.25) is 0 Å². The molecule has 1 aromatic rings. The molecule has 0 aromatic heterocycles. The second kappa shape index (κ2) is 7.23. The molecule has 0 atom stereocenters. The van der Waals surface area contributed by atoms with Gasteiger partial charge in [-0.1, -0.05) is 38.4 Å². The second-order valence-corrected chi connectivity index (χ2v) is 4.24. The normalized spacial score (nSPS) is 10.1. The largest absolute Gasteiger partial charge is 0.494 e. The molecule has 0 radical (unpaired) electrons. The maximum atomic E-state index is 5.60. The van der Waals surface area contributed by atoms with Crippen LogP contribution in [-0.2, 0) is 0 Å². The number of nitrogens with two attached hydrogens (primary N) is 1. The van der Waals surface area contributed by atoms with E-state index in [2.05, 4.69) is 6.92 Å². The SMILES string of the molecule is CCCCCCOc1ccc(C(N)=S)cc1. The van der Waals surface area contributed by atoms with Crippen LogP contribution in [0.5, 0.6) is 5.75 Å². The smallest absolute Gasteiger partial charge is 0.119 e. The number of benzene rings is 1. The van der Waals surface area contributed by atoms with Gasteiger partial charge in [0, 0.05) is 5.56 Å². The van der Waals surface area contributed by atoms with Crippen molar-refractivity contribution in [1.29, 1.82) is 0 Å². The van der Waals surface area contributed by atoms with Crippen molar-refractivity contribution in [1.82, 2.24) is 0 Å². The van der Waals surface area contributed by atoms with Crippen LogP contribution in [0.15, 0.2) is 24.3 Å². The fourth-order valence-electron chi connectivity index (χ4n) is 1.43. The van der Waals surface area contributed by atoms with E-state index in [0.29, 0.717) is 4.99 Å². The van der Waals surface area contributed by atoms with Crippen molar-refractivity contribution < 1.29 is 4.74 Å². The van der Waals surface area contributed by atoms with Gasteiger partial charge in [-0.25, -0.2) is 0 Å². The molecule has 0 amide bonds. The fraction of sp³-hybridized carbons (Fsp3) is 0.462. The lowest BCUT2D eigenvalue weighted by Crippen LogP contribution is -2.08. The Labute approximate surface area is 103 Å². The summed E-state index contributed by atoms with van der Waals surface area (Å²) in [6.45, 7) is 2.99. The summed E-state index contributed by atoms with van der Waals surface area (Å²) in [5.74, 6) is 0.886. The van der Waals surface area contributed by atoms with Crippen LogP contribution in [0.4, 0.5) is 0 Å². The first-order chi connectivity index (χ1) is 7.74. The Bertz CT molecular complexity index is 321. The summed E-state index contributed by atoms with van der Waals surface area (Å²) in [7, 11) is 0. The second-order valence-electron chi connectivity index (χ2n) is 3.80. The zero-order chi connectivity index (χ0) is 11.8. The molecule has 0 unspecified atom stereocenters. The lowest BCUT2D eigenvalue weighted by Gasteiger charge is -2.06. The van der Waals surface area contributed by atoms with Crippen molar-refractivity contribution in [2.75, 3.05) is 6.61 Å². The average Bonchev–Trinajstić information content (AvgIpc) is 2.29. The van der Waals surface area contributed by atoms with Gasteiger partial charge >= 0.3 is 0 Å². The third-order valence-corrected chi connectivity index (χ3v) is 2.64. The van der Waals surface area contributed by atoms with E-state index in [0.717, 1.165) is 24.3 Å². The third kappa shape index (κ3) is 4.62. The molecule has 0 fully saturated rings. The lowest BCUT2D eigenvalue weighted by atomic mass is 10.2. The van der Waals surface area contributed by atoms with Crippen LogP contribution < -0.4 is 10.5 Å². The molecule has 0 heterocycles. The summed E-state index contributed by atoms with van der Waals surface area (Å²) in [6, 6.07) is 7.61. The summed E-state index contributed by atoms with van der Waals surface area (Å²) >= 11 is 4.88. The first kappa shape index (κ1) is 13.0. The van der Waals surface area contributed by atoms with Gasteiger partial charge in [-0.3, -0.25) is 0 Å². The van der Waals surface area contributed by atoms with E-state index >= 15 is 0 Å². The maximum Gasteiger partial charge on any atom is 0.119 e. The molecule has 0 aliphatic heterocycles. The molecule has 0 bridgehead atoms. The van der Waals surface area contributed by atoms with Gasteiger partial charge in [-0.2, -0.15) is 0 Å². The number of thiocarbonyl (C=S) groups is 1. The minimum absolute atomic E-state index is 0.425. The Morgan fingerprint density at radius 2 is 1.88 bits per heavy atom. The number of hydrogen-bond donors (Lipinski definition) is 1.